The Labute approximate surface area is 219 Å². The fourth-order valence-corrected chi connectivity index (χ4v) is 7.46. The normalized spacial score (nSPS) is 24.9. The zero-order valence-electron chi connectivity index (χ0n) is 21.4. The summed E-state index contributed by atoms with van der Waals surface area (Å²) in [6.07, 6.45) is 3.66. The smallest absolute Gasteiger partial charge is 0.275 e. The number of carbonyl (C=O) groups is 1. The van der Waals surface area contributed by atoms with Crippen molar-refractivity contribution in [2.75, 3.05) is 12.3 Å². The number of fused-ring (bicyclic) bond motifs is 4. The summed E-state index contributed by atoms with van der Waals surface area (Å²) in [5.41, 5.74) is 3.35. The average molecular weight is 519 g/mol. The van der Waals surface area contributed by atoms with E-state index in [9.17, 15) is 9.90 Å². The van der Waals surface area contributed by atoms with Crippen LogP contribution in [-0.4, -0.2) is 38.9 Å². The highest BCUT2D eigenvalue weighted by Gasteiger charge is 2.52. The number of oxazole rings is 1. The van der Waals surface area contributed by atoms with E-state index in [1.807, 2.05) is 53.1 Å². The number of hydrogen-bond donors (Lipinski definition) is 2. The Bertz CT molecular complexity index is 1490. The third-order valence-electron chi connectivity index (χ3n) is 7.81. The van der Waals surface area contributed by atoms with E-state index in [1.54, 1.807) is 0 Å². The van der Waals surface area contributed by atoms with E-state index in [4.69, 9.17) is 4.42 Å². The number of aromatic hydroxyl groups is 1. The number of likely N-dealkylation sites (tertiary alicyclic amines) is 1. The van der Waals surface area contributed by atoms with Crippen molar-refractivity contribution in [2.45, 2.75) is 58.0 Å². The number of azo groups is 1. The van der Waals surface area contributed by atoms with E-state index in [-0.39, 0.29) is 11.6 Å². The summed E-state index contributed by atoms with van der Waals surface area (Å²) in [5, 5.41) is 20.6. The number of benzene rings is 2. The van der Waals surface area contributed by atoms with Gasteiger partial charge in [0, 0.05) is 23.6 Å². The number of carbonyl (C=O) groups excluding carboxylic acids is 1. The average Bonchev–Trinajstić information content (AvgIpc) is 3.46. The van der Waals surface area contributed by atoms with Crippen molar-refractivity contribution in [1.82, 2.24) is 9.55 Å². The zero-order chi connectivity index (χ0) is 25.8. The van der Waals surface area contributed by atoms with Crippen molar-refractivity contribution >= 4 is 45.4 Å². The van der Waals surface area contributed by atoms with E-state index < -0.39 is 5.91 Å². The van der Waals surface area contributed by atoms with Crippen molar-refractivity contribution in [3.05, 3.63) is 48.5 Å². The van der Waals surface area contributed by atoms with Gasteiger partial charge in [-0.25, -0.2) is 4.98 Å². The molecule has 1 unspecified atom stereocenters. The molecule has 9 heteroatoms. The maximum absolute atomic E-state index is 12.5. The molecule has 2 aromatic heterocycles. The fraction of sp³-hybridized carbons (Fsp3) is 0.429. The lowest BCUT2D eigenvalue weighted by atomic mass is 9.65. The highest BCUT2D eigenvalue weighted by Crippen LogP contribution is 2.47. The van der Waals surface area contributed by atoms with Gasteiger partial charge in [0.1, 0.15) is 5.52 Å². The van der Waals surface area contributed by atoms with Crippen LogP contribution in [0.2, 0.25) is 0 Å². The molecule has 2 N–H and O–H groups in total. The Hall–Kier alpha value is -3.17. The highest BCUT2D eigenvalue weighted by atomic mass is 32.2. The van der Waals surface area contributed by atoms with Crippen molar-refractivity contribution < 1.29 is 19.2 Å². The van der Waals surface area contributed by atoms with Gasteiger partial charge in [0.15, 0.2) is 17.9 Å². The first-order valence-electron chi connectivity index (χ1n) is 12.8. The third kappa shape index (κ3) is 4.66. The van der Waals surface area contributed by atoms with Gasteiger partial charge in [0.05, 0.1) is 23.9 Å². The van der Waals surface area contributed by atoms with Gasteiger partial charge in [-0.1, -0.05) is 62.9 Å². The summed E-state index contributed by atoms with van der Waals surface area (Å²) in [4.78, 5) is 18.4. The molecule has 2 fully saturated rings. The van der Waals surface area contributed by atoms with Crippen LogP contribution in [0.5, 0.6) is 5.88 Å². The minimum absolute atomic E-state index is 0.0453. The fourth-order valence-electron chi connectivity index (χ4n) is 6.84. The maximum atomic E-state index is 12.5. The predicted molar refractivity (Wildman–Crippen MR) is 143 cm³/mol. The Morgan fingerprint density at radius 3 is 2.81 bits per heavy atom. The molecule has 6 rings (SSSR count). The number of rotatable bonds is 6. The van der Waals surface area contributed by atoms with Gasteiger partial charge in [-0.15, -0.1) is 10.2 Å². The molecule has 192 valence electrons. The molecule has 8 nitrogen and oxygen atoms in total. The van der Waals surface area contributed by atoms with Crippen molar-refractivity contribution in [1.29, 1.82) is 0 Å². The molecule has 1 amide bonds. The molecule has 3 heterocycles. The second kappa shape index (κ2) is 8.99. The van der Waals surface area contributed by atoms with Gasteiger partial charge in [0.25, 0.3) is 11.1 Å². The van der Waals surface area contributed by atoms with Crippen molar-refractivity contribution in [3.8, 4) is 5.88 Å². The van der Waals surface area contributed by atoms with E-state index >= 15 is 0 Å². The van der Waals surface area contributed by atoms with Crippen LogP contribution in [0.4, 0.5) is 5.69 Å². The number of thioether (sulfide) groups is 1. The lowest BCUT2D eigenvalue weighted by Crippen LogP contribution is -3.13. The maximum Gasteiger partial charge on any atom is 0.275 e. The second-order valence-electron chi connectivity index (χ2n) is 11.7. The topological polar surface area (TPSA) is 97.4 Å². The largest absolute Gasteiger partial charge is 0.493 e. The van der Waals surface area contributed by atoms with Crippen molar-refractivity contribution in [3.63, 3.8) is 0 Å². The van der Waals surface area contributed by atoms with Crippen LogP contribution >= 0.6 is 11.8 Å². The quantitative estimate of drug-likeness (QED) is 0.266. The molecule has 2 bridgehead atoms. The van der Waals surface area contributed by atoms with Crippen LogP contribution in [0, 0.1) is 10.8 Å². The first-order valence-corrected chi connectivity index (χ1v) is 13.8. The number of nitrogens with one attached hydrogen (secondary N) is 1. The highest BCUT2D eigenvalue weighted by molar-refractivity contribution is 7.99. The lowest BCUT2D eigenvalue weighted by Gasteiger charge is -2.37. The molecule has 4 aromatic rings. The summed E-state index contributed by atoms with van der Waals surface area (Å²) in [6.45, 7) is 8.92. The van der Waals surface area contributed by atoms with E-state index in [2.05, 4.69) is 36.0 Å². The third-order valence-corrected chi connectivity index (χ3v) is 8.62. The summed E-state index contributed by atoms with van der Waals surface area (Å²) in [6, 6.07) is 15.8. The van der Waals surface area contributed by atoms with E-state index in [1.165, 1.54) is 35.9 Å². The molecule has 2 aliphatic rings. The van der Waals surface area contributed by atoms with Gasteiger partial charge >= 0.3 is 0 Å². The van der Waals surface area contributed by atoms with Gasteiger partial charge in [0.2, 0.25) is 5.88 Å². The minimum atomic E-state index is -0.419. The van der Waals surface area contributed by atoms with E-state index in [0.29, 0.717) is 40.0 Å². The molecule has 1 saturated carbocycles. The van der Waals surface area contributed by atoms with Crippen LogP contribution in [0.25, 0.3) is 22.0 Å². The van der Waals surface area contributed by atoms with Gasteiger partial charge < -0.3 is 14.4 Å². The van der Waals surface area contributed by atoms with Gasteiger partial charge in [-0.2, -0.15) is 0 Å². The lowest BCUT2D eigenvalue weighted by molar-refractivity contribution is -0.936. The number of aromatic nitrogens is 2. The number of para-hydroxylation sites is 3. The van der Waals surface area contributed by atoms with Gasteiger partial charge in [-0.3, -0.25) is 9.36 Å². The molecule has 0 radical (unpaired) electrons. The molecule has 37 heavy (non-hydrogen) atoms. The molecule has 1 aliphatic carbocycles. The Balaban J connectivity index is 1.21. The monoisotopic (exact) mass is 518 g/mol. The molecule has 1 saturated heterocycles. The molecule has 3 atom stereocenters. The Morgan fingerprint density at radius 1 is 1.19 bits per heavy atom. The Kier molecular flexibility index (Phi) is 5.88. The number of nitrogens with zero attached hydrogens (tertiary/aromatic N) is 4. The molecular formula is C28H32N5O3S+. The molecule has 0 spiro atoms. The standard InChI is InChI=1S/C28H31N5O3S/c1-27(2)12-18-13-28(3,15-27)16-32(18)17-33-21-10-6-4-8-19(21)24(25(33)35)31-30-23(34)14-37-26-29-20-9-5-7-11-22(20)36-26/h4-11,18,35H,12-17H2,1-3H3/p+1/t18-,28-/m1/s1. The van der Waals surface area contributed by atoms with Crippen LogP contribution in [-0.2, 0) is 11.5 Å². The first kappa shape index (κ1) is 24.2. The summed E-state index contributed by atoms with van der Waals surface area (Å²) < 4.78 is 7.59. The van der Waals surface area contributed by atoms with Crippen LogP contribution in [0.3, 0.4) is 0 Å². The molecule has 1 aliphatic heterocycles. The second-order valence-corrected chi connectivity index (χ2v) is 12.6. The predicted octanol–water partition coefficient (Wildman–Crippen LogP) is 5.33. The van der Waals surface area contributed by atoms with Gasteiger partial charge in [-0.05, 0) is 30.0 Å². The SMILES string of the molecule is CC1(C)C[C@@H]2C[C@@](C)(C[NH+]2Cn2c(O)c(N=NC(=O)CSc3nc4ccccc4o3)c3ccccc32)C1. The molecular weight excluding hydrogens is 486 g/mol. The van der Waals surface area contributed by atoms with Crippen LogP contribution in [0.15, 0.2) is 68.4 Å². The first-order chi connectivity index (χ1) is 17.7. The summed E-state index contributed by atoms with van der Waals surface area (Å²) >= 11 is 1.18. The number of quaternary nitrogens is 1. The van der Waals surface area contributed by atoms with Crippen LogP contribution in [0.1, 0.15) is 40.0 Å². The Morgan fingerprint density at radius 2 is 1.97 bits per heavy atom. The summed E-state index contributed by atoms with van der Waals surface area (Å²) in [5.74, 6) is -0.315. The molecule has 2 aromatic carbocycles. The minimum Gasteiger partial charge on any atom is -0.493 e. The van der Waals surface area contributed by atoms with Crippen molar-refractivity contribution in [2.24, 2.45) is 21.1 Å². The zero-order valence-corrected chi connectivity index (χ0v) is 22.2. The van der Waals surface area contributed by atoms with Crippen LogP contribution < -0.4 is 4.90 Å². The number of amides is 1. The summed E-state index contributed by atoms with van der Waals surface area (Å²) in [7, 11) is 0. The van der Waals surface area contributed by atoms with E-state index in [0.717, 1.165) is 23.0 Å². The number of hydrogen-bond acceptors (Lipinski definition) is 6.